The maximum absolute atomic E-state index is 12.2. The number of phenols is 1. The second kappa shape index (κ2) is 6.36. The van der Waals surface area contributed by atoms with E-state index >= 15 is 0 Å². The molecule has 2 atom stereocenters. The number of amides is 1. The van der Waals surface area contributed by atoms with Crippen molar-refractivity contribution in [3.8, 4) is 11.5 Å². The Morgan fingerprint density at radius 3 is 2.48 bits per heavy atom. The molecule has 0 radical (unpaired) electrons. The molecular weight excluding hydrogens is 302 g/mol. The number of phenolic OH excluding ortho intramolecular Hbond substituents is 1. The van der Waals surface area contributed by atoms with Crippen LogP contribution in [0.5, 0.6) is 11.5 Å². The average Bonchev–Trinajstić information content (AvgIpc) is 2.84. The molecule has 0 aliphatic carbocycles. The summed E-state index contributed by atoms with van der Waals surface area (Å²) in [6, 6.07) is 5.40. The van der Waals surface area contributed by atoms with Gasteiger partial charge in [0, 0.05) is 6.42 Å². The number of carboxylic acids is 1. The minimum absolute atomic E-state index is 0.0323. The zero-order valence-electron chi connectivity index (χ0n) is 13.4. The molecule has 1 heterocycles. The topological polar surface area (TPSA) is 96.3 Å². The zero-order chi connectivity index (χ0) is 17.2. The van der Waals surface area contributed by atoms with Crippen molar-refractivity contribution in [1.29, 1.82) is 0 Å². The molecule has 0 aromatic heterocycles. The maximum atomic E-state index is 12.2. The molecule has 1 aliphatic rings. The van der Waals surface area contributed by atoms with E-state index < -0.39 is 29.8 Å². The van der Waals surface area contributed by atoms with E-state index in [0.29, 0.717) is 0 Å². The molecule has 0 spiro atoms. The Balaban J connectivity index is 2.10. The molecule has 0 saturated carbocycles. The third-order valence-electron chi connectivity index (χ3n) is 3.33. The van der Waals surface area contributed by atoms with E-state index in [2.05, 4.69) is 0 Å². The number of ether oxygens (including phenoxy) is 2. The summed E-state index contributed by atoms with van der Waals surface area (Å²) in [6.45, 7) is 5.23. The van der Waals surface area contributed by atoms with Crippen LogP contribution in [0.1, 0.15) is 27.2 Å². The van der Waals surface area contributed by atoms with Gasteiger partial charge in [0.2, 0.25) is 0 Å². The monoisotopic (exact) mass is 323 g/mol. The molecule has 2 unspecified atom stereocenters. The van der Waals surface area contributed by atoms with Crippen LogP contribution in [0.2, 0.25) is 0 Å². The van der Waals surface area contributed by atoms with Crippen molar-refractivity contribution in [3.05, 3.63) is 24.3 Å². The summed E-state index contributed by atoms with van der Waals surface area (Å²) in [6.07, 6.45) is -1.09. The minimum Gasteiger partial charge on any atom is -0.504 e. The molecule has 7 heteroatoms. The number of rotatable bonds is 3. The molecule has 7 nitrogen and oxygen atoms in total. The smallest absolute Gasteiger partial charge is 0.411 e. The average molecular weight is 323 g/mol. The molecule has 1 aromatic carbocycles. The summed E-state index contributed by atoms with van der Waals surface area (Å²) < 4.78 is 10.9. The molecular formula is C16H21NO6. The fraction of sp³-hybridized carbons (Fsp3) is 0.500. The first kappa shape index (κ1) is 16.9. The largest absolute Gasteiger partial charge is 0.504 e. The van der Waals surface area contributed by atoms with Gasteiger partial charge in [-0.05, 0) is 32.9 Å². The summed E-state index contributed by atoms with van der Waals surface area (Å²) in [4.78, 5) is 24.7. The van der Waals surface area contributed by atoms with Crippen molar-refractivity contribution < 1.29 is 29.3 Å². The lowest BCUT2D eigenvalue weighted by Crippen LogP contribution is -2.43. The van der Waals surface area contributed by atoms with E-state index in [1.807, 2.05) is 0 Å². The summed E-state index contributed by atoms with van der Waals surface area (Å²) in [5.74, 6) is -0.887. The van der Waals surface area contributed by atoms with Crippen LogP contribution >= 0.6 is 0 Å². The third-order valence-corrected chi connectivity index (χ3v) is 3.33. The summed E-state index contributed by atoms with van der Waals surface area (Å²) in [5, 5.41) is 19.0. The van der Waals surface area contributed by atoms with E-state index in [1.165, 1.54) is 6.07 Å². The van der Waals surface area contributed by atoms with Crippen molar-refractivity contribution in [2.45, 2.75) is 44.9 Å². The molecule has 126 valence electrons. The van der Waals surface area contributed by atoms with Crippen molar-refractivity contribution in [3.63, 3.8) is 0 Å². The molecule has 0 bridgehead atoms. The quantitative estimate of drug-likeness (QED) is 0.885. The predicted molar refractivity (Wildman–Crippen MR) is 81.5 cm³/mol. The normalized spacial score (nSPS) is 21.1. The van der Waals surface area contributed by atoms with Gasteiger partial charge >= 0.3 is 12.1 Å². The molecule has 23 heavy (non-hydrogen) atoms. The van der Waals surface area contributed by atoms with Crippen LogP contribution in [0, 0.1) is 0 Å². The number of aliphatic carboxylic acids is 1. The van der Waals surface area contributed by atoms with Crippen molar-refractivity contribution >= 4 is 12.1 Å². The molecule has 2 rings (SSSR count). The standard InChI is InChI=1S/C16H21NO6/c1-16(2,3)23-15(21)17-9-10(8-11(17)14(19)20)22-13-7-5-4-6-12(13)18/h4-7,10-11,18H,8-9H2,1-3H3,(H,19,20). The van der Waals surface area contributed by atoms with Crippen LogP contribution in [0.25, 0.3) is 0 Å². The van der Waals surface area contributed by atoms with Gasteiger partial charge < -0.3 is 19.7 Å². The highest BCUT2D eigenvalue weighted by Crippen LogP contribution is 2.30. The highest BCUT2D eigenvalue weighted by atomic mass is 16.6. The highest BCUT2D eigenvalue weighted by Gasteiger charge is 2.42. The molecule has 1 amide bonds. The van der Waals surface area contributed by atoms with Gasteiger partial charge in [-0.1, -0.05) is 12.1 Å². The van der Waals surface area contributed by atoms with Crippen molar-refractivity contribution in [2.75, 3.05) is 6.54 Å². The molecule has 1 fully saturated rings. The maximum Gasteiger partial charge on any atom is 0.411 e. The Hall–Kier alpha value is -2.44. The number of likely N-dealkylation sites (tertiary alicyclic amines) is 1. The van der Waals surface area contributed by atoms with Gasteiger partial charge in [-0.2, -0.15) is 0 Å². The lowest BCUT2D eigenvalue weighted by molar-refractivity contribution is -0.142. The number of nitrogens with zero attached hydrogens (tertiary/aromatic N) is 1. The number of para-hydroxylation sites is 2. The first-order valence-electron chi connectivity index (χ1n) is 7.34. The Kier molecular flexibility index (Phi) is 4.68. The van der Waals surface area contributed by atoms with Gasteiger partial charge in [0.25, 0.3) is 0 Å². The molecule has 2 N–H and O–H groups in total. The summed E-state index contributed by atoms with van der Waals surface area (Å²) >= 11 is 0. The Bertz CT molecular complexity index is 594. The van der Waals surface area contributed by atoms with Gasteiger partial charge in [0.15, 0.2) is 11.5 Å². The van der Waals surface area contributed by atoms with Gasteiger partial charge in [0.1, 0.15) is 17.7 Å². The fourth-order valence-corrected chi connectivity index (χ4v) is 2.38. The van der Waals surface area contributed by atoms with Crippen LogP contribution < -0.4 is 4.74 Å². The second-order valence-corrected chi connectivity index (χ2v) is 6.43. The number of carboxylic acid groups (broad SMARTS) is 1. The number of hydrogen-bond donors (Lipinski definition) is 2. The SMILES string of the molecule is CC(C)(C)OC(=O)N1CC(Oc2ccccc2O)CC1C(=O)O. The molecule has 1 aromatic rings. The third kappa shape index (κ3) is 4.28. The number of benzene rings is 1. The lowest BCUT2D eigenvalue weighted by Gasteiger charge is -2.26. The first-order valence-corrected chi connectivity index (χ1v) is 7.34. The van der Waals surface area contributed by atoms with Crippen LogP contribution in [0.3, 0.4) is 0 Å². The van der Waals surface area contributed by atoms with E-state index in [4.69, 9.17) is 9.47 Å². The zero-order valence-corrected chi connectivity index (χ0v) is 13.4. The van der Waals surface area contributed by atoms with Gasteiger partial charge in [-0.3, -0.25) is 4.90 Å². The van der Waals surface area contributed by atoms with Crippen molar-refractivity contribution in [2.24, 2.45) is 0 Å². The predicted octanol–water partition coefficient (Wildman–Crippen LogP) is 2.23. The Morgan fingerprint density at radius 2 is 1.91 bits per heavy atom. The van der Waals surface area contributed by atoms with Crippen molar-refractivity contribution in [1.82, 2.24) is 4.90 Å². The summed E-state index contributed by atoms with van der Waals surface area (Å²) in [7, 11) is 0. The van der Waals surface area contributed by atoms with Crippen LogP contribution in [0.4, 0.5) is 4.79 Å². The first-order chi connectivity index (χ1) is 10.7. The number of carbonyl (C=O) groups is 2. The Labute approximate surface area is 134 Å². The number of hydrogen-bond acceptors (Lipinski definition) is 5. The van der Waals surface area contributed by atoms with Crippen LogP contribution in [-0.2, 0) is 9.53 Å². The number of aromatic hydroxyl groups is 1. The summed E-state index contributed by atoms with van der Waals surface area (Å²) in [5.41, 5.74) is -0.712. The second-order valence-electron chi connectivity index (χ2n) is 6.43. The van der Waals surface area contributed by atoms with Gasteiger partial charge in [-0.15, -0.1) is 0 Å². The van der Waals surface area contributed by atoms with Crippen LogP contribution in [0.15, 0.2) is 24.3 Å². The molecule has 1 aliphatic heterocycles. The van der Waals surface area contributed by atoms with Gasteiger partial charge in [0.05, 0.1) is 6.54 Å². The number of carbonyl (C=O) groups excluding carboxylic acids is 1. The molecule has 1 saturated heterocycles. The fourth-order valence-electron chi connectivity index (χ4n) is 2.38. The van der Waals surface area contributed by atoms with Crippen LogP contribution in [-0.4, -0.2) is 51.5 Å². The Morgan fingerprint density at radius 1 is 1.26 bits per heavy atom. The van der Waals surface area contributed by atoms with E-state index in [9.17, 15) is 19.8 Å². The van der Waals surface area contributed by atoms with E-state index in [0.717, 1.165) is 4.90 Å². The minimum atomic E-state index is -1.11. The highest BCUT2D eigenvalue weighted by molar-refractivity contribution is 5.81. The van der Waals surface area contributed by atoms with Gasteiger partial charge in [-0.25, -0.2) is 9.59 Å². The lowest BCUT2D eigenvalue weighted by atomic mass is 10.2. The van der Waals surface area contributed by atoms with E-state index in [1.54, 1.807) is 39.0 Å². The van der Waals surface area contributed by atoms with E-state index in [-0.39, 0.29) is 24.5 Å².